The molecule has 0 saturated heterocycles. The van der Waals surface area contributed by atoms with Gasteiger partial charge in [-0.1, -0.05) is 24.6 Å². The predicted molar refractivity (Wildman–Crippen MR) is 76.0 cm³/mol. The SMILES string of the molecule is CCc1nc(-c2c(Cl)cccc2OC)[nH]c(=O)c1C. The number of benzene rings is 1. The molecule has 1 N–H and O–H groups in total. The molecule has 100 valence electrons. The summed E-state index contributed by atoms with van der Waals surface area (Å²) in [4.78, 5) is 19.1. The first-order chi connectivity index (χ1) is 9.08. The van der Waals surface area contributed by atoms with Crippen molar-refractivity contribution in [3.05, 3.63) is 44.8 Å². The quantitative estimate of drug-likeness (QED) is 0.939. The van der Waals surface area contributed by atoms with Crippen molar-refractivity contribution in [3.8, 4) is 17.1 Å². The lowest BCUT2D eigenvalue weighted by Crippen LogP contribution is -2.16. The Morgan fingerprint density at radius 2 is 2.16 bits per heavy atom. The van der Waals surface area contributed by atoms with Gasteiger partial charge in [-0.3, -0.25) is 4.79 Å². The van der Waals surface area contributed by atoms with Crippen LogP contribution in [-0.4, -0.2) is 17.1 Å². The van der Waals surface area contributed by atoms with Gasteiger partial charge in [0.1, 0.15) is 11.6 Å². The van der Waals surface area contributed by atoms with E-state index in [0.717, 1.165) is 5.69 Å². The number of hydrogen-bond acceptors (Lipinski definition) is 3. The summed E-state index contributed by atoms with van der Waals surface area (Å²) >= 11 is 6.19. The molecule has 5 heteroatoms. The van der Waals surface area contributed by atoms with Crippen LogP contribution in [0.5, 0.6) is 5.75 Å². The maximum Gasteiger partial charge on any atom is 0.254 e. The van der Waals surface area contributed by atoms with Crippen molar-refractivity contribution in [2.45, 2.75) is 20.3 Å². The third kappa shape index (κ3) is 2.49. The van der Waals surface area contributed by atoms with Crippen LogP contribution in [0.2, 0.25) is 5.02 Å². The molecule has 0 unspecified atom stereocenters. The third-order valence-electron chi connectivity index (χ3n) is 3.02. The number of hydrogen-bond donors (Lipinski definition) is 1. The van der Waals surface area contributed by atoms with E-state index >= 15 is 0 Å². The van der Waals surface area contributed by atoms with E-state index in [-0.39, 0.29) is 5.56 Å². The average molecular weight is 279 g/mol. The number of nitrogens with one attached hydrogen (secondary N) is 1. The second-order valence-electron chi connectivity index (χ2n) is 4.16. The number of H-pyrrole nitrogens is 1. The molecule has 0 spiro atoms. The molecule has 2 aromatic rings. The summed E-state index contributed by atoms with van der Waals surface area (Å²) < 4.78 is 5.28. The van der Waals surface area contributed by atoms with Crippen molar-refractivity contribution in [3.63, 3.8) is 0 Å². The van der Waals surface area contributed by atoms with Gasteiger partial charge in [-0.05, 0) is 25.5 Å². The first kappa shape index (κ1) is 13.6. The number of methoxy groups -OCH3 is 1. The molecule has 0 bridgehead atoms. The van der Waals surface area contributed by atoms with E-state index in [9.17, 15) is 4.79 Å². The lowest BCUT2D eigenvalue weighted by atomic mass is 10.1. The topological polar surface area (TPSA) is 55.0 Å². The zero-order valence-corrected chi connectivity index (χ0v) is 11.8. The molecular weight excluding hydrogens is 264 g/mol. The van der Waals surface area contributed by atoms with Crippen molar-refractivity contribution < 1.29 is 4.74 Å². The van der Waals surface area contributed by atoms with Gasteiger partial charge in [-0.25, -0.2) is 4.98 Å². The van der Waals surface area contributed by atoms with Crippen LogP contribution in [0.4, 0.5) is 0 Å². The van der Waals surface area contributed by atoms with Crippen LogP contribution in [0.1, 0.15) is 18.2 Å². The second kappa shape index (κ2) is 5.45. The Balaban J connectivity index is 2.73. The van der Waals surface area contributed by atoms with Gasteiger partial charge in [-0.15, -0.1) is 0 Å². The highest BCUT2D eigenvalue weighted by atomic mass is 35.5. The highest BCUT2D eigenvalue weighted by molar-refractivity contribution is 6.33. The van der Waals surface area contributed by atoms with Gasteiger partial charge in [-0.2, -0.15) is 0 Å². The van der Waals surface area contributed by atoms with E-state index in [2.05, 4.69) is 9.97 Å². The molecule has 0 atom stereocenters. The van der Waals surface area contributed by atoms with Crippen LogP contribution in [0.15, 0.2) is 23.0 Å². The molecule has 2 rings (SSSR count). The van der Waals surface area contributed by atoms with Gasteiger partial charge in [0.05, 0.1) is 23.4 Å². The van der Waals surface area contributed by atoms with Crippen molar-refractivity contribution in [2.24, 2.45) is 0 Å². The molecule has 0 amide bonds. The Kier molecular flexibility index (Phi) is 3.90. The largest absolute Gasteiger partial charge is 0.496 e. The first-order valence-electron chi connectivity index (χ1n) is 6.01. The Bertz CT molecular complexity index is 665. The summed E-state index contributed by atoms with van der Waals surface area (Å²) in [7, 11) is 1.56. The minimum atomic E-state index is -0.149. The molecule has 0 aliphatic carbocycles. The lowest BCUT2D eigenvalue weighted by molar-refractivity contribution is 0.416. The summed E-state index contributed by atoms with van der Waals surface area (Å²) in [5, 5.41) is 0.494. The Morgan fingerprint density at radius 1 is 1.42 bits per heavy atom. The number of ether oxygens (including phenoxy) is 1. The molecule has 0 radical (unpaired) electrons. The standard InChI is InChI=1S/C14H15ClN2O2/c1-4-10-8(2)14(18)17-13(16-10)12-9(15)6-5-7-11(12)19-3/h5-7H,4H2,1-3H3,(H,16,17,18). The average Bonchev–Trinajstić information content (AvgIpc) is 2.41. The van der Waals surface area contributed by atoms with Crippen molar-refractivity contribution in [2.75, 3.05) is 7.11 Å². The summed E-state index contributed by atoms with van der Waals surface area (Å²) in [5.74, 6) is 1.02. The van der Waals surface area contributed by atoms with Crippen LogP contribution < -0.4 is 10.3 Å². The zero-order valence-electron chi connectivity index (χ0n) is 11.1. The van der Waals surface area contributed by atoms with E-state index in [1.165, 1.54) is 0 Å². The summed E-state index contributed by atoms with van der Waals surface area (Å²) in [6.45, 7) is 3.72. The van der Waals surface area contributed by atoms with Crippen LogP contribution in [0, 0.1) is 6.92 Å². The van der Waals surface area contributed by atoms with Gasteiger partial charge in [0.25, 0.3) is 5.56 Å². The summed E-state index contributed by atoms with van der Waals surface area (Å²) in [6.07, 6.45) is 0.690. The van der Waals surface area contributed by atoms with Gasteiger partial charge in [0.15, 0.2) is 0 Å². The predicted octanol–water partition coefficient (Wildman–Crippen LogP) is 2.97. The van der Waals surface area contributed by atoms with E-state index in [0.29, 0.717) is 34.1 Å². The Hall–Kier alpha value is -1.81. The molecule has 0 aliphatic heterocycles. The van der Waals surface area contributed by atoms with Crippen LogP contribution in [0.25, 0.3) is 11.4 Å². The molecule has 4 nitrogen and oxygen atoms in total. The zero-order chi connectivity index (χ0) is 14.0. The minimum Gasteiger partial charge on any atom is -0.496 e. The molecule has 0 fully saturated rings. The number of aromatic nitrogens is 2. The Labute approximate surface area is 116 Å². The molecule has 1 aromatic heterocycles. The number of halogens is 1. The van der Waals surface area contributed by atoms with E-state index in [1.54, 1.807) is 32.2 Å². The summed E-state index contributed by atoms with van der Waals surface area (Å²) in [6, 6.07) is 5.31. The summed E-state index contributed by atoms with van der Waals surface area (Å²) in [5.41, 5.74) is 1.86. The molecule has 1 heterocycles. The lowest BCUT2D eigenvalue weighted by Gasteiger charge is -2.11. The fourth-order valence-electron chi connectivity index (χ4n) is 1.95. The number of rotatable bonds is 3. The van der Waals surface area contributed by atoms with Gasteiger partial charge >= 0.3 is 0 Å². The monoisotopic (exact) mass is 278 g/mol. The maximum atomic E-state index is 11.9. The minimum absolute atomic E-state index is 0.149. The van der Waals surface area contributed by atoms with Gasteiger partial charge in [0.2, 0.25) is 0 Å². The number of aryl methyl sites for hydroxylation is 1. The second-order valence-corrected chi connectivity index (χ2v) is 4.56. The highest BCUT2D eigenvalue weighted by Gasteiger charge is 2.15. The number of aromatic amines is 1. The smallest absolute Gasteiger partial charge is 0.254 e. The fourth-order valence-corrected chi connectivity index (χ4v) is 2.20. The maximum absolute atomic E-state index is 11.9. The van der Waals surface area contributed by atoms with Gasteiger partial charge in [0, 0.05) is 5.56 Å². The normalized spacial score (nSPS) is 10.5. The van der Waals surface area contributed by atoms with Crippen molar-refractivity contribution in [1.29, 1.82) is 0 Å². The molecule has 19 heavy (non-hydrogen) atoms. The van der Waals surface area contributed by atoms with Crippen molar-refractivity contribution >= 4 is 11.6 Å². The molecular formula is C14H15ClN2O2. The van der Waals surface area contributed by atoms with E-state index in [1.807, 2.05) is 6.92 Å². The molecule has 1 aromatic carbocycles. The van der Waals surface area contributed by atoms with Gasteiger partial charge < -0.3 is 9.72 Å². The van der Waals surface area contributed by atoms with E-state index < -0.39 is 0 Å². The van der Waals surface area contributed by atoms with Crippen LogP contribution in [-0.2, 0) is 6.42 Å². The molecule has 0 aliphatic rings. The fraction of sp³-hybridized carbons (Fsp3) is 0.286. The highest BCUT2D eigenvalue weighted by Crippen LogP contribution is 2.33. The third-order valence-corrected chi connectivity index (χ3v) is 3.33. The van der Waals surface area contributed by atoms with Crippen LogP contribution >= 0.6 is 11.6 Å². The van der Waals surface area contributed by atoms with Crippen LogP contribution in [0.3, 0.4) is 0 Å². The first-order valence-corrected chi connectivity index (χ1v) is 6.39. The van der Waals surface area contributed by atoms with Crippen molar-refractivity contribution in [1.82, 2.24) is 9.97 Å². The molecule has 0 saturated carbocycles. The van der Waals surface area contributed by atoms with E-state index in [4.69, 9.17) is 16.3 Å². The Morgan fingerprint density at radius 3 is 2.79 bits per heavy atom. The number of nitrogens with zero attached hydrogens (tertiary/aromatic N) is 1.